The number of nitriles is 1. The highest BCUT2D eigenvalue weighted by molar-refractivity contribution is 9.10. The standard InChI is InChI=1S/C14H12BrN3O2S/c1-2-20-13(19)6-10-8-21-14(17-10)18-12-4-3-9(7-16)5-11(12)15/h3-5,8H,2,6H2,1H3,(H,17,18). The molecule has 2 rings (SSSR count). The molecule has 1 aromatic heterocycles. The molecule has 0 atom stereocenters. The normalized spacial score (nSPS) is 9.95. The lowest BCUT2D eigenvalue weighted by atomic mass is 10.2. The zero-order chi connectivity index (χ0) is 15.2. The van der Waals surface area contributed by atoms with E-state index in [0.717, 1.165) is 10.2 Å². The molecule has 1 aromatic carbocycles. The zero-order valence-electron chi connectivity index (χ0n) is 11.2. The number of ether oxygens (including phenoxy) is 1. The summed E-state index contributed by atoms with van der Waals surface area (Å²) >= 11 is 4.81. The first-order valence-corrected chi connectivity index (χ1v) is 7.86. The van der Waals surface area contributed by atoms with Crippen molar-refractivity contribution in [3.05, 3.63) is 39.3 Å². The van der Waals surface area contributed by atoms with Crippen LogP contribution in [-0.4, -0.2) is 17.6 Å². The van der Waals surface area contributed by atoms with Gasteiger partial charge in [-0.3, -0.25) is 4.79 Å². The Hall–Kier alpha value is -1.91. The molecule has 1 N–H and O–H groups in total. The van der Waals surface area contributed by atoms with Crippen LogP contribution < -0.4 is 5.32 Å². The fraction of sp³-hybridized carbons (Fsp3) is 0.214. The minimum Gasteiger partial charge on any atom is -0.466 e. The number of carbonyl (C=O) groups is 1. The fourth-order valence-electron chi connectivity index (χ4n) is 1.61. The fourth-order valence-corrected chi connectivity index (χ4v) is 2.81. The summed E-state index contributed by atoms with van der Waals surface area (Å²) in [7, 11) is 0. The molecule has 0 saturated heterocycles. The number of rotatable bonds is 5. The summed E-state index contributed by atoms with van der Waals surface area (Å²) in [4.78, 5) is 15.7. The van der Waals surface area contributed by atoms with Gasteiger partial charge in [-0.15, -0.1) is 11.3 Å². The summed E-state index contributed by atoms with van der Waals surface area (Å²) in [5.41, 5.74) is 2.06. The Morgan fingerprint density at radius 3 is 3.05 bits per heavy atom. The Balaban J connectivity index is 2.06. The van der Waals surface area contributed by atoms with Crippen LogP contribution in [0.15, 0.2) is 28.1 Å². The molecule has 0 radical (unpaired) electrons. The number of benzene rings is 1. The predicted octanol–water partition coefficient (Wildman–Crippen LogP) is 3.63. The third-order valence-corrected chi connectivity index (χ3v) is 3.98. The Morgan fingerprint density at radius 1 is 1.57 bits per heavy atom. The van der Waals surface area contributed by atoms with Gasteiger partial charge in [0.05, 0.1) is 36.0 Å². The summed E-state index contributed by atoms with van der Waals surface area (Å²) in [6.45, 7) is 2.14. The van der Waals surface area contributed by atoms with Crippen molar-refractivity contribution >= 4 is 44.1 Å². The van der Waals surface area contributed by atoms with Crippen molar-refractivity contribution in [3.63, 3.8) is 0 Å². The van der Waals surface area contributed by atoms with Crippen molar-refractivity contribution < 1.29 is 9.53 Å². The highest BCUT2D eigenvalue weighted by Crippen LogP contribution is 2.28. The minimum absolute atomic E-state index is 0.167. The molecule has 0 amide bonds. The molecule has 0 fully saturated rings. The number of carbonyl (C=O) groups excluding carboxylic acids is 1. The van der Waals surface area contributed by atoms with Gasteiger partial charge in [0.25, 0.3) is 0 Å². The van der Waals surface area contributed by atoms with Crippen LogP contribution in [0.2, 0.25) is 0 Å². The van der Waals surface area contributed by atoms with Crippen LogP contribution >= 0.6 is 27.3 Å². The summed E-state index contributed by atoms with van der Waals surface area (Å²) in [6.07, 6.45) is 0.167. The molecule has 1 heterocycles. The molecule has 0 aliphatic carbocycles. The van der Waals surface area contributed by atoms with E-state index in [1.807, 2.05) is 5.38 Å². The lowest BCUT2D eigenvalue weighted by Crippen LogP contribution is -2.07. The topological polar surface area (TPSA) is 75.0 Å². The van der Waals surface area contributed by atoms with Gasteiger partial charge in [-0.2, -0.15) is 5.26 Å². The van der Waals surface area contributed by atoms with E-state index in [9.17, 15) is 4.79 Å². The van der Waals surface area contributed by atoms with Gasteiger partial charge >= 0.3 is 5.97 Å². The van der Waals surface area contributed by atoms with Gasteiger partial charge in [-0.05, 0) is 41.1 Å². The summed E-state index contributed by atoms with van der Waals surface area (Å²) in [5, 5.41) is 14.5. The van der Waals surface area contributed by atoms with Crippen LogP contribution in [0.3, 0.4) is 0 Å². The first-order valence-electron chi connectivity index (χ1n) is 6.19. The largest absolute Gasteiger partial charge is 0.466 e. The number of nitrogens with zero attached hydrogens (tertiary/aromatic N) is 2. The van der Waals surface area contributed by atoms with E-state index in [1.54, 1.807) is 25.1 Å². The quantitative estimate of drug-likeness (QED) is 0.818. The highest BCUT2D eigenvalue weighted by atomic mass is 79.9. The van der Waals surface area contributed by atoms with Gasteiger partial charge in [0.2, 0.25) is 0 Å². The highest BCUT2D eigenvalue weighted by Gasteiger charge is 2.09. The second-order valence-corrected chi connectivity index (χ2v) is 5.77. The molecule has 21 heavy (non-hydrogen) atoms. The Morgan fingerprint density at radius 2 is 2.38 bits per heavy atom. The smallest absolute Gasteiger partial charge is 0.311 e. The SMILES string of the molecule is CCOC(=O)Cc1csc(Nc2ccc(C#N)cc2Br)n1. The molecule has 0 bridgehead atoms. The zero-order valence-corrected chi connectivity index (χ0v) is 13.6. The Labute approximate surface area is 134 Å². The maximum atomic E-state index is 11.4. The van der Waals surface area contributed by atoms with Crippen LogP contribution in [0.25, 0.3) is 0 Å². The third-order valence-electron chi connectivity index (χ3n) is 2.52. The van der Waals surface area contributed by atoms with Crippen LogP contribution in [-0.2, 0) is 16.0 Å². The number of thiazole rings is 1. The van der Waals surface area contributed by atoms with E-state index >= 15 is 0 Å². The summed E-state index contributed by atoms with van der Waals surface area (Å²) in [6, 6.07) is 7.33. The number of anilines is 2. The van der Waals surface area contributed by atoms with Crippen LogP contribution in [0.5, 0.6) is 0 Å². The minimum atomic E-state index is -0.283. The van der Waals surface area contributed by atoms with Gasteiger partial charge in [0, 0.05) is 9.85 Å². The first-order chi connectivity index (χ1) is 10.1. The van der Waals surface area contributed by atoms with Crippen molar-refractivity contribution in [2.75, 3.05) is 11.9 Å². The van der Waals surface area contributed by atoms with Crippen molar-refractivity contribution in [1.29, 1.82) is 5.26 Å². The van der Waals surface area contributed by atoms with Crippen LogP contribution in [0.1, 0.15) is 18.2 Å². The van der Waals surface area contributed by atoms with E-state index in [0.29, 0.717) is 23.0 Å². The summed E-state index contributed by atoms with van der Waals surface area (Å²) < 4.78 is 5.67. The maximum absolute atomic E-state index is 11.4. The maximum Gasteiger partial charge on any atom is 0.311 e. The molecule has 0 aliphatic rings. The third kappa shape index (κ3) is 4.28. The second kappa shape index (κ2) is 7.20. The molecule has 108 valence electrons. The number of hydrogen-bond acceptors (Lipinski definition) is 6. The van der Waals surface area contributed by atoms with Crippen molar-refractivity contribution in [1.82, 2.24) is 4.98 Å². The van der Waals surface area contributed by atoms with E-state index in [4.69, 9.17) is 10.00 Å². The summed E-state index contributed by atoms with van der Waals surface area (Å²) in [5.74, 6) is -0.283. The monoisotopic (exact) mass is 365 g/mol. The lowest BCUT2D eigenvalue weighted by molar-refractivity contribution is -0.142. The van der Waals surface area contributed by atoms with Gasteiger partial charge in [-0.1, -0.05) is 0 Å². The second-order valence-electron chi connectivity index (χ2n) is 4.06. The average Bonchev–Trinajstić information content (AvgIpc) is 2.88. The first kappa shape index (κ1) is 15.5. The number of esters is 1. The molecule has 0 spiro atoms. The Bertz CT molecular complexity index is 694. The number of halogens is 1. The van der Waals surface area contributed by atoms with Crippen molar-refractivity contribution in [3.8, 4) is 6.07 Å². The predicted molar refractivity (Wildman–Crippen MR) is 84.6 cm³/mol. The van der Waals surface area contributed by atoms with Gasteiger partial charge in [-0.25, -0.2) is 4.98 Å². The average molecular weight is 366 g/mol. The van der Waals surface area contributed by atoms with Crippen molar-refractivity contribution in [2.45, 2.75) is 13.3 Å². The van der Waals surface area contributed by atoms with Crippen molar-refractivity contribution in [2.24, 2.45) is 0 Å². The van der Waals surface area contributed by atoms with E-state index in [2.05, 4.69) is 32.3 Å². The molecule has 0 aliphatic heterocycles. The van der Waals surface area contributed by atoms with E-state index < -0.39 is 0 Å². The lowest BCUT2D eigenvalue weighted by Gasteiger charge is -2.05. The molecule has 7 heteroatoms. The van der Waals surface area contributed by atoms with Crippen LogP contribution in [0.4, 0.5) is 10.8 Å². The molecule has 0 unspecified atom stereocenters. The molecule has 2 aromatic rings. The molecular formula is C14H12BrN3O2S. The van der Waals surface area contributed by atoms with Gasteiger partial charge in [0.15, 0.2) is 5.13 Å². The number of nitrogens with one attached hydrogen (secondary N) is 1. The number of hydrogen-bond donors (Lipinski definition) is 1. The number of aromatic nitrogens is 1. The van der Waals surface area contributed by atoms with Gasteiger partial charge < -0.3 is 10.1 Å². The van der Waals surface area contributed by atoms with Gasteiger partial charge in [0.1, 0.15) is 0 Å². The Kier molecular flexibility index (Phi) is 5.31. The van der Waals surface area contributed by atoms with E-state index in [-0.39, 0.29) is 12.4 Å². The molecule has 5 nitrogen and oxygen atoms in total. The van der Waals surface area contributed by atoms with Crippen LogP contribution in [0, 0.1) is 11.3 Å². The van der Waals surface area contributed by atoms with E-state index in [1.165, 1.54) is 11.3 Å². The molecule has 0 saturated carbocycles. The molecular weight excluding hydrogens is 354 g/mol.